The van der Waals surface area contributed by atoms with Gasteiger partial charge in [-0.3, -0.25) is 9.59 Å². The second-order valence-corrected chi connectivity index (χ2v) is 8.36. The Kier molecular flexibility index (Phi) is 5.25. The summed E-state index contributed by atoms with van der Waals surface area (Å²) in [6.07, 6.45) is 5.55. The molecule has 4 rings (SSSR count). The zero-order chi connectivity index (χ0) is 19.7. The summed E-state index contributed by atoms with van der Waals surface area (Å²) in [5.74, 6) is 1.22. The van der Waals surface area contributed by atoms with Gasteiger partial charge in [0.05, 0.1) is 12.3 Å². The molecule has 0 radical (unpaired) electrons. The molecule has 2 aliphatic rings. The molecule has 2 heterocycles. The molecule has 0 unspecified atom stereocenters. The van der Waals surface area contributed by atoms with E-state index in [9.17, 15) is 9.59 Å². The zero-order valence-corrected chi connectivity index (χ0v) is 16.6. The summed E-state index contributed by atoms with van der Waals surface area (Å²) in [5, 5.41) is 3.21. The standard InChI is InChI=1S/C23H28N2O3/c1-15(2)12-22(26)25-14-17-7-4-3-6-16(17)13-20(25)23(27)24-19-8-5-9-21-18(19)10-11-28-21/h3-4,6-7,10-11,15,19-20H,5,8-9,12-14H2,1-2H3,(H,24,27)/t19-,20+/m0/s1. The normalized spacial score (nSPS) is 21.2. The van der Waals surface area contributed by atoms with Gasteiger partial charge in [0.15, 0.2) is 0 Å². The van der Waals surface area contributed by atoms with Crippen LogP contribution in [0.15, 0.2) is 41.0 Å². The van der Waals surface area contributed by atoms with Gasteiger partial charge < -0.3 is 14.6 Å². The summed E-state index contributed by atoms with van der Waals surface area (Å²) in [4.78, 5) is 28.0. The van der Waals surface area contributed by atoms with E-state index in [0.717, 1.165) is 41.7 Å². The number of nitrogens with zero attached hydrogens (tertiary/aromatic N) is 1. The van der Waals surface area contributed by atoms with Crippen LogP contribution in [0, 0.1) is 5.92 Å². The van der Waals surface area contributed by atoms with Crippen molar-refractivity contribution in [1.82, 2.24) is 10.2 Å². The number of rotatable bonds is 4. The van der Waals surface area contributed by atoms with Crippen LogP contribution in [-0.4, -0.2) is 22.8 Å². The monoisotopic (exact) mass is 380 g/mol. The van der Waals surface area contributed by atoms with E-state index < -0.39 is 6.04 Å². The van der Waals surface area contributed by atoms with Gasteiger partial charge >= 0.3 is 0 Å². The van der Waals surface area contributed by atoms with Crippen LogP contribution in [0.2, 0.25) is 0 Å². The van der Waals surface area contributed by atoms with E-state index in [2.05, 4.69) is 17.4 Å². The van der Waals surface area contributed by atoms with Crippen LogP contribution < -0.4 is 5.32 Å². The zero-order valence-electron chi connectivity index (χ0n) is 16.6. The molecule has 1 aliphatic carbocycles. The summed E-state index contributed by atoms with van der Waals surface area (Å²) < 4.78 is 5.55. The highest BCUT2D eigenvalue weighted by atomic mass is 16.3. The van der Waals surface area contributed by atoms with Gasteiger partial charge in [-0.2, -0.15) is 0 Å². The highest BCUT2D eigenvalue weighted by Gasteiger charge is 2.36. The van der Waals surface area contributed by atoms with Gasteiger partial charge in [-0.1, -0.05) is 38.1 Å². The second-order valence-electron chi connectivity index (χ2n) is 8.36. The molecule has 1 aliphatic heterocycles. The molecule has 1 aromatic heterocycles. The largest absolute Gasteiger partial charge is 0.469 e. The van der Waals surface area contributed by atoms with Gasteiger partial charge in [0.1, 0.15) is 11.8 Å². The molecule has 1 aromatic carbocycles. The Balaban J connectivity index is 1.56. The number of carbonyl (C=O) groups is 2. The first-order chi connectivity index (χ1) is 13.5. The average molecular weight is 380 g/mol. The third-order valence-electron chi connectivity index (χ3n) is 5.82. The van der Waals surface area contributed by atoms with Crippen molar-refractivity contribution in [2.24, 2.45) is 5.92 Å². The predicted molar refractivity (Wildman–Crippen MR) is 106 cm³/mol. The molecule has 2 amide bonds. The smallest absolute Gasteiger partial charge is 0.243 e. The van der Waals surface area contributed by atoms with Crippen LogP contribution in [0.4, 0.5) is 0 Å². The number of hydrogen-bond acceptors (Lipinski definition) is 3. The number of benzene rings is 1. The van der Waals surface area contributed by atoms with Crippen LogP contribution in [0.3, 0.4) is 0 Å². The Morgan fingerprint density at radius 3 is 2.79 bits per heavy atom. The Bertz CT molecular complexity index is 870. The van der Waals surface area contributed by atoms with Gasteiger partial charge in [-0.15, -0.1) is 0 Å². The lowest BCUT2D eigenvalue weighted by molar-refractivity contribution is -0.142. The van der Waals surface area contributed by atoms with Gasteiger partial charge in [-0.25, -0.2) is 0 Å². The molecule has 28 heavy (non-hydrogen) atoms. The molecule has 2 atom stereocenters. The summed E-state index contributed by atoms with van der Waals surface area (Å²) >= 11 is 0. The lowest BCUT2D eigenvalue weighted by Crippen LogP contribution is -2.53. The molecule has 0 saturated heterocycles. The number of nitrogens with one attached hydrogen (secondary N) is 1. The maximum atomic E-state index is 13.3. The van der Waals surface area contributed by atoms with E-state index in [0.29, 0.717) is 19.4 Å². The Morgan fingerprint density at radius 1 is 1.21 bits per heavy atom. The second kappa shape index (κ2) is 7.82. The SMILES string of the molecule is CC(C)CC(=O)N1Cc2ccccc2C[C@@H]1C(=O)N[C@H]1CCCc2occc21. The minimum atomic E-state index is -0.460. The summed E-state index contributed by atoms with van der Waals surface area (Å²) in [7, 11) is 0. The van der Waals surface area contributed by atoms with Crippen LogP contribution in [-0.2, 0) is 29.0 Å². The molecular formula is C23H28N2O3. The van der Waals surface area contributed by atoms with E-state index in [4.69, 9.17) is 4.42 Å². The molecule has 5 nitrogen and oxygen atoms in total. The van der Waals surface area contributed by atoms with Crippen molar-refractivity contribution in [1.29, 1.82) is 0 Å². The van der Waals surface area contributed by atoms with E-state index in [1.54, 1.807) is 11.2 Å². The first-order valence-corrected chi connectivity index (χ1v) is 10.3. The molecular weight excluding hydrogens is 352 g/mol. The third-order valence-corrected chi connectivity index (χ3v) is 5.82. The lowest BCUT2D eigenvalue weighted by Gasteiger charge is -2.37. The van der Waals surface area contributed by atoms with Crippen molar-refractivity contribution in [3.63, 3.8) is 0 Å². The van der Waals surface area contributed by atoms with Gasteiger partial charge in [-0.05, 0) is 36.0 Å². The Hall–Kier alpha value is -2.56. The van der Waals surface area contributed by atoms with E-state index in [-0.39, 0.29) is 23.8 Å². The first kappa shape index (κ1) is 18.8. The number of hydrogen-bond donors (Lipinski definition) is 1. The summed E-state index contributed by atoms with van der Waals surface area (Å²) in [5.41, 5.74) is 3.37. The molecule has 0 bridgehead atoms. The number of furan rings is 1. The van der Waals surface area contributed by atoms with Crippen molar-refractivity contribution < 1.29 is 14.0 Å². The highest BCUT2D eigenvalue weighted by molar-refractivity contribution is 5.89. The minimum absolute atomic E-state index is 0.0331. The van der Waals surface area contributed by atoms with Crippen molar-refractivity contribution in [2.75, 3.05) is 0 Å². The van der Waals surface area contributed by atoms with Crippen molar-refractivity contribution >= 4 is 11.8 Å². The minimum Gasteiger partial charge on any atom is -0.469 e. The fourth-order valence-electron chi connectivity index (χ4n) is 4.39. The average Bonchev–Trinajstić information content (AvgIpc) is 3.16. The van der Waals surface area contributed by atoms with Gasteiger partial charge in [0, 0.05) is 31.4 Å². The quantitative estimate of drug-likeness (QED) is 0.878. The topological polar surface area (TPSA) is 62.6 Å². The number of carbonyl (C=O) groups excluding carboxylic acids is 2. The third kappa shape index (κ3) is 3.71. The van der Waals surface area contributed by atoms with E-state index in [1.165, 1.54) is 0 Å². The Labute approximate surface area is 166 Å². The maximum absolute atomic E-state index is 13.3. The molecule has 148 valence electrons. The van der Waals surface area contributed by atoms with Crippen molar-refractivity contribution in [3.8, 4) is 0 Å². The highest BCUT2D eigenvalue weighted by Crippen LogP contribution is 2.31. The van der Waals surface area contributed by atoms with Gasteiger partial charge in [0.2, 0.25) is 11.8 Å². The van der Waals surface area contributed by atoms with E-state index in [1.807, 2.05) is 32.0 Å². The molecule has 1 N–H and O–H groups in total. The fraction of sp³-hybridized carbons (Fsp3) is 0.478. The summed E-state index contributed by atoms with van der Waals surface area (Å²) in [6.45, 7) is 4.57. The number of fused-ring (bicyclic) bond motifs is 2. The van der Waals surface area contributed by atoms with Crippen molar-refractivity contribution in [3.05, 3.63) is 59.0 Å². The summed E-state index contributed by atoms with van der Waals surface area (Å²) in [6, 6.07) is 9.57. The maximum Gasteiger partial charge on any atom is 0.243 e. The van der Waals surface area contributed by atoms with Crippen LogP contribution in [0.25, 0.3) is 0 Å². The van der Waals surface area contributed by atoms with Gasteiger partial charge in [0.25, 0.3) is 0 Å². The molecule has 2 aromatic rings. The van der Waals surface area contributed by atoms with Crippen LogP contribution in [0.1, 0.15) is 61.6 Å². The predicted octanol–water partition coefficient (Wildman–Crippen LogP) is 3.77. The molecule has 0 saturated carbocycles. The number of aryl methyl sites for hydroxylation is 1. The Morgan fingerprint density at radius 2 is 2.00 bits per heavy atom. The van der Waals surface area contributed by atoms with E-state index >= 15 is 0 Å². The number of amides is 2. The first-order valence-electron chi connectivity index (χ1n) is 10.3. The molecule has 0 spiro atoms. The molecule has 5 heteroatoms. The van der Waals surface area contributed by atoms with Crippen LogP contribution >= 0.6 is 0 Å². The lowest BCUT2D eigenvalue weighted by atomic mass is 9.90. The van der Waals surface area contributed by atoms with Crippen molar-refractivity contribution in [2.45, 2.75) is 64.6 Å². The molecule has 0 fully saturated rings. The fourth-order valence-corrected chi connectivity index (χ4v) is 4.39. The van der Waals surface area contributed by atoms with Crippen LogP contribution in [0.5, 0.6) is 0 Å².